The number of unbranched alkanes of at least 4 members (excludes halogenated alkanes) is 9. The highest BCUT2D eigenvalue weighted by molar-refractivity contribution is 7.90. The zero-order valence-electron chi connectivity index (χ0n) is 21.1. The highest BCUT2D eigenvalue weighted by atomic mass is 32.2. The van der Waals surface area contributed by atoms with Crippen molar-refractivity contribution < 1.29 is 22.8 Å². The van der Waals surface area contributed by atoms with Gasteiger partial charge in [-0.3, -0.25) is 4.72 Å². The fourth-order valence-corrected chi connectivity index (χ4v) is 5.07. The summed E-state index contributed by atoms with van der Waals surface area (Å²) >= 11 is 0. The molecule has 2 N–H and O–H groups in total. The van der Waals surface area contributed by atoms with E-state index in [9.17, 15) is 18.3 Å². The van der Waals surface area contributed by atoms with E-state index in [0.29, 0.717) is 16.7 Å². The molecule has 1 aromatic carbocycles. The van der Waals surface area contributed by atoms with Gasteiger partial charge in [-0.05, 0) is 30.5 Å². The first-order valence-electron chi connectivity index (χ1n) is 12.4. The number of hydrogen-bond acceptors (Lipinski definition) is 4. The van der Waals surface area contributed by atoms with Crippen LogP contribution in [0.5, 0.6) is 0 Å². The average Bonchev–Trinajstić information content (AvgIpc) is 2.68. The summed E-state index contributed by atoms with van der Waals surface area (Å²) in [5.74, 6) is -1.28. The third-order valence-corrected chi connectivity index (χ3v) is 6.68. The quantitative estimate of drug-likeness (QED) is 0.232. The zero-order valence-corrected chi connectivity index (χ0v) is 21.9. The minimum Gasteiger partial charge on any atom is -0.550 e. The highest BCUT2D eigenvalue weighted by Crippen LogP contribution is 2.15. The van der Waals surface area contributed by atoms with Gasteiger partial charge in [0.1, 0.15) is 0 Å². The number of anilines is 1. The van der Waals surface area contributed by atoms with E-state index in [1.165, 1.54) is 63.4 Å². The van der Waals surface area contributed by atoms with Crippen LogP contribution >= 0.6 is 0 Å². The molecule has 0 aliphatic heterocycles. The molecule has 0 fully saturated rings. The van der Waals surface area contributed by atoms with Gasteiger partial charge in [0.05, 0.1) is 33.7 Å². The highest BCUT2D eigenvalue weighted by Gasteiger charge is 2.23. The van der Waals surface area contributed by atoms with Crippen LogP contribution in [0.15, 0.2) is 24.3 Å². The first-order valence-corrected chi connectivity index (χ1v) is 13.9. The van der Waals surface area contributed by atoms with Crippen molar-refractivity contribution in [2.24, 2.45) is 0 Å². The van der Waals surface area contributed by atoms with Crippen molar-refractivity contribution in [2.75, 3.05) is 32.4 Å². The standard InChI is InChI=1S/C25H45N3O4S/c1-5-6-7-8-9-10-11-12-13-14-15-22-16-18-23(19-17-22)26-33(31,32)27-24(20-25(29)30)21-28(2,3)4/h16-19,24,26-27H,5-15,20-21H2,1-4H3. The molecule has 190 valence electrons. The van der Waals surface area contributed by atoms with Gasteiger partial charge in [0.15, 0.2) is 0 Å². The number of hydrogen-bond donors (Lipinski definition) is 2. The van der Waals surface area contributed by atoms with Crippen molar-refractivity contribution in [1.29, 1.82) is 0 Å². The molecule has 7 nitrogen and oxygen atoms in total. The monoisotopic (exact) mass is 483 g/mol. The molecule has 33 heavy (non-hydrogen) atoms. The van der Waals surface area contributed by atoms with Crippen LogP contribution in [0.1, 0.15) is 83.1 Å². The van der Waals surface area contributed by atoms with Crippen molar-refractivity contribution in [1.82, 2.24) is 4.72 Å². The van der Waals surface area contributed by atoms with Crippen LogP contribution in [-0.4, -0.2) is 52.6 Å². The Bertz CT molecular complexity index is 774. The Morgan fingerprint density at radius 2 is 1.42 bits per heavy atom. The molecule has 0 amide bonds. The molecule has 0 aliphatic carbocycles. The molecule has 0 bridgehead atoms. The lowest BCUT2D eigenvalue weighted by atomic mass is 10.0. The topological polar surface area (TPSA) is 98.3 Å². The van der Waals surface area contributed by atoms with Crippen LogP contribution < -0.4 is 14.6 Å². The van der Waals surface area contributed by atoms with Gasteiger partial charge >= 0.3 is 0 Å². The summed E-state index contributed by atoms with van der Waals surface area (Å²) in [6, 6.07) is 6.62. The largest absolute Gasteiger partial charge is 0.550 e. The lowest BCUT2D eigenvalue weighted by molar-refractivity contribution is -0.871. The Labute approximate surface area is 201 Å². The minimum atomic E-state index is -3.90. The van der Waals surface area contributed by atoms with Crippen molar-refractivity contribution >= 4 is 21.9 Å². The van der Waals surface area contributed by atoms with Crippen LogP contribution in [0.25, 0.3) is 0 Å². The van der Waals surface area contributed by atoms with Gasteiger partial charge in [0.2, 0.25) is 0 Å². The van der Waals surface area contributed by atoms with Crippen LogP contribution in [-0.2, 0) is 21.4 Å². The van der Waals surface area contributed by atoms with Gasteiger partial charge in [0.25, 0.3) is 10.2 Å². The fourth-order valence-electron chi connectivity index (χ4n) is 3.97. The number of nitrogens with zero attached hydrogens (tertiary/aromatic N) is 1. The van der Waals surface area contributed by atoms with E-state index in [1.54, 1.807) is 12.1 Å². The minimum absolute atomic E-state index is 0.326. The van der Waals surface area contributed by atoms with Crippen LogP contribution in [0, 0.1) is 0 Å². The maximum atomic E-state index is 12.5. The number of likely N-dealkylation sites (N-methyl/N-ethyl adjacent to an activating group) is 1. The number of benzene rings is 1. The molecule has 1 aromatic rings. The third-order valence-electron chi connectivity index (χ3n) is 5.53. The van der Waals surface area contributed by atoms with Gasteiger partial charge in [0, 0.05) is 18.1 Å². The van der Waals surface area contributed by atoms with Crippen molar-refractivity contribution in [3.63, 3.8) is 0 Å². The number of quaternary nitrogens is 1. The summed E-state index contributed by atoms with van der Waals surface area (Å²) in [6.45, 7) is 2.57. The number of nitrogens with one attached hydrogen (secondary N) is 2. The summed E-state index contributed by atoms with van der Waals surface area (Å²) < 4.78 is 30.3. The molecule has 8 heteroatoms. The second-order valence-corrected chi connectivity index (χ2v) is 11.5. The molecular weight excluding hydrogens is 438 g/mol. The van der Waals surface area contributed by atoms with E-state index in [4.69, 9.17) is 0 Å². The summed E-state index contributed by atoms with van der Waals surface area (Å²) in [4.78, 5) is 11.0. The predicted octanol–water partition coefficient (Wildman–Crippen LogP) is 3.61. The molecule has 1 unspecified atom stereocenters. The number of rotatable bonds is 19. The number of aliphatic carboxylic acids is 1. The van der Waals surface area contributed by atoms with E-state index >= 15 is 0 Å². The average molecular weight is 484 g/mol. The molecule has 0 heterocycles. The SMILES string of the molecule is CCCCCCCCCCCCc1ccc(NS(=O)(=O)NC(CC(=O)[O-])C[N+](C)(C)C)cc1. The van der Waals surface area contributed by atoms with E-state index in [-0.39, 0.29) is 6.42 Å². The van der Waals surface area contributed by atoms with Crippen LogP contribution in [0.2, 0.25) is 0 Å². The van der Waals surface area contributed by atoms with Crippen LogP contribution in [0.3, 0.4) is 0 Å². The maximum Gasteiger partial charge on any atom is 0.299 e. The number of carbonyl (C=O) groups is 1. The second kappa shape index (κ2) is 15.3. The Morgan fingerprint density at radius 3 is 1.91 bits per heavy atom. The normalized spacial score (nSPS) is 13.1. The molecule has 0 saturated carbocycles. The van der Waals surface area contributed by atoms with Crippen molar-refractivity contribution in [3.05, 3.63) is 29.8 Å². The Hall–Kier alpha value is -1.64. The van der Waals surface area contributed by atoms with E-state index in [1.807, 2.05) is 33.3 Å². The van der Waals surface area contributed by atoms with Gasteiger partial charge < -0.3 is 14.4 Å². The smallest absolute Gasteiger partial charge is 0.299 e. The molecule has 1 rings (SSSR count). The van der Waals surface area contributed by atoms with Gasteiger partial charge in [-0.25, -0.2) is 0 Å². The van der Waals surface area contributed by atoms with Gasteiger partial charge in [-0.15, -0.1) is 0 Å². The zero-order chi connectivity index (χ0) is 24.7. The van der Waals surface area contributed by atoms with E-state index in [2.05, 4.69) is 16.4 Å². The fraction of sp³-hybridized carbons (Fsp3) is 0.720. The Kier molecular flexibility index (Phi) is 13.6. The lowest BCUT2D eigenvalue weighted by Gasteiger charge is -2.29. The molecule has 0 spiro atoms. The first kappa shape index (κ1) is 29.4. The van der Waals surface area contributed by atoms with Gasteiger partial charge in [-0.1, -0.05) is 76.8 Å². The lowest BCUT2D eigenvalue weighted by Crippen LogP contribution is -2.51. The summed E-state index contributed by atoms with van der Waals surface area (Å²) in [5.41, 5.74) is 1.64. The molecule has 1 atom stereocenters. The molecule has 0 aromatic heterocycles. The van der Waals surface area contributed by atoms with Gasteiger partial charge in [-0.2, -0.15) is 13.1 Å². The molecule has 0 saturated heterocycles. The summed E-state index contributed by atoms with van der Waals surface area (Å²) in [7, 11) is 1.71. The molecular formula is C25H45N3O4S. The summed E-state index contributed by atoms with van der Waals surface area (Å²) in [5, 5.41) is 11.0. The molecule has 0 aliphatic rings. The first-order chi connectivity index (χ1) is 15.5. The number of carboxylic acids is 1. The van der Waals surface area contributed by atoms with Crippen LogP contribution in [0.4, 0.5) is 5.69 Å². The Morgan fingerprint density at radius 1 is 0.909 bits per heavy atom. The number of aryl methyl sites for hydroxylation is 1. The second-order valence-electron chi connectivity index (χ2n) is 10.1. The third kappa shape index (κ3) is 15.8. The number of carbonyl (C=O) groups excluding carboxylic acids is 1. The van der Waals surface area contributed by atoms with E-state index < -0.39 is 22.2 Å². The predicted molar refractivity (Wildman–Crippen MR) is 134 cm³/mol. The number of carboxylic acid groups (broad SMARTS) is 1. The van der Waals surface area contributed by atoms with Crippen molar-refractivity contribution in [3.8, 4) is 0 Å². The summed E-state index contributed by atoms with van der Waals surface area (Å²) in [6.07, 6.45) is 13.6. The Balaban J connectivity index is 2.39. The van der Waals surface area contributed by atoms with Crippen molar-refractivity contribution in [2.45, 2.75) is 90.0 Å². The maximum absolute atomic E-state index is 12.5. The molecule has 0 radical (unpaired) electrons. The van der Waals surface area contributed by atoms with E-state index in [0.717, 1.165) is 12.8 Å².